The van der Waals surface area contributed by atoms with Crippen molar-refractivity contribution in [3.8, 4) is 11.3 Å². The van der Waals surface area contributed by atoms with E-state index in [1.165, 1.54) is 12.1 Å². The van der Waals surface area contributed by atoms with Crippen LogP contribution in [0.5, 0.6) is 0 Å². The Hall–Kier alpha value is -2.10. The number of hydrogen-bond donors (Lipinski definition) is 1. The van der Waals surface area contributed by atoms with Crippen LogP contribution in [0.2, 0.25) is 0 Å². The maximum Gasteiger partial charge on any atom is 0.287 e. The summed E-state index contributed by atoms with van der Waals surface area (Å²) in [6.07, 6.45) is 1.89. The highest BCUT2D eigenvalue weighted by atomic mass is 19.1. The molecular weight excluding hydrogens is 269 g/mol. The average molecular weight is 289 g/mol. The lowest BCUT2D eigenvalue weighted by molar-refractivity contribution is 0.0881. The third-order valence-electron chi connectivity index (χ3n) is 3.29. The van der Waals surface area contributed by atoms with E-state index in [1.54, 1.807) is 24.3 Å². The molecule has 1 amide bonds. The van der Waals surface area contributed by atoms with Gasteiger partial charge in [-0.1, -0.05) is 13.3 Å². The van der Waals surface area contributed by atoms with Crippen molar-refractivity contribution in [3.05, 3.63) is 48.0 Å². The summed E-state index contributed by atoms with van der Waals surface area (Å²) in [7, 11) is 0. The zero-order valence-corrected chi connectivity index (χ0v) is 12.6. The predicted octanol–water partition coefficient (Wildman–Crippen LogP) is 4.39. The zero-order chi connectivity index (χ0) is 15.5. The highest BCUT2D eigenvalue weighted by Crippen LogP contribution is 2.23. The van der Waals surface area contributed by atoms with Crippen LogP contribution in [0, 0.1) is 5.82 Å². The Kier molecular flexibility index (Phi) is 4.46. The van der Waals surface area contributed by atoms with Crippen LogP contribution in [0.15, 0.2) is 40.8 Å². The summed E-state index contributed by atoms with van der Waals surface area (Å²) in [5.41, 5.74) is 0.470. The Labute approximate surface area is 124 Å². The molecule has 2 rings (SSSR count). The van der Waals surface area contributed by atoms with Crippen molar-refractivity contribution >= 4 is 5.91 Å². The normalized spacial score (nSPS) is 11.4. The molecule has 0 aliphatic heterocycles. The van der Waals surface area contributed by atoms with Crippen LogP contribution in [0.25, 0.3) is 11.3 Å². The molecule has 0 unspecified atom stereocenters. The van der Waals surface area contributed by atoms with Crippen molar-refractivity contribution < 1.29 is 13.6 Å². The first-order valence-corrected chi connectivity index (χ1v) is 7.09. The number of carbonyl (C=O) groups excluding carboxylic acids is 1. The van der Waals surface area contributed by atoms with Crippen molar-refractivity contribution in [2.45, 2.75) is 39.2 Å². The van der Waals surface area contributed by atoms with E-state index in [0.717, 1.165) is 18.4 Å². The first-order valence-electron chi connectivity index (χ1n) is 7.09. The van der Waals surface area contributed by atoms with Gasteiger partial charge in [-0.05, 0) is 56.7 Å². The van der Waals surface area contributed by atoms with E-state index in [4.69, 9.17) is 4.42 Å². The van der Waals surface area contributed by atoms with Gasteiger partial charge in [0.15, 0.2) is 5.76 Å². The Morgan fingerprint density at radius 1 is 1.19 bits per heavy atom. The molecule has 3 nitrogen and oxygen atoms in total. The number of nitrogens with one attached hydrogen (secondary N) is 1. The van der Waals surface area contributed by atoms with Crippen LogP contribution in [-0.2, 0) is 0 Å². The summed E-state index contributed by atoms with van der Waals surface area (Å²) < 4.78 is 18.5. The topological polar surface area (TPSA) is 42.2 Å². The van der Waals surface area contributed by atoms with E-state index in [9.17, 15) is 9.18 Å². The third-order valence-corrected chi connectivity index (χ3v) is 3.29. The van der Waals surface area contributed by atoms with E-state index >= 15 is 0 Å². The Balaban J connectivity index is 2.12. The minimum atomic E-state index is -0.301. The fourth-order valence-electron chi connectivity index (χ4n) is 2.29. The summed E-state index contributed by atoms with van der Waals surface area (Å²) in [6.45, 7) is 6.05. The van der Waals surface area contributed by atoms with Crippen molar-refractivity contribution in [1.82, 2.24) is 5.32 Å². The fourth-order valence-corrected chi connectivity index (χ4v) is 2.29. The van der Waals surface area contributed by atoms with Gasteiger partial charge < -0.3 is 9.73 Å². The van der Waals surface area contributed by atoms with Gasteiger partial charge in [-0.15, -0.1) is 0 Å². The molecule has 1 heterocycles. The maximum atomic E-state index is 12.9. The van der Waals surface area contributed by atoms with E-state index < -0.39 is 0 Å². The van der Waals surface area contributed by atoms with Crippen LogP contribution in [0.4, 0.5) is 4.39 Å². The molecule has 2 aromatic rings. The molecule has 0 saturated heterocycles. The van der Waals surface area contributed by atoms with Gasteiger partial charge in [-0.2, -0.15) is 0 Å². The summed E-state index contributed by atoms with van der Waals surface area (Å²) in [4.78, 5) is 12.2. The first kappa shape index (κ1) is 15.3. The number of hydrogen-bond acceptors (Lipinski definition) is 2. The van der Waals surface area contributed by atoms with Crippen molar-refractivity contribution in [2.75, 3.05) is 0 Å². The van der Waals surface area contributed by atoms with Gasteiger partial charge in [0, 0.05) is 11.1 Å². The van der Waals surface area contributed by atoms with Gasteiger partial charge in [0.25, 0.3) is 5.91 Å². The quantitative estimate of drug-likeness (QED) is 0.886. The number of carbonyl (C=O) groups is 1. The van der Waals surface area contributed by atoms with Crippen LogP contribution in [0.3, 0.4) is 0 Å². The van der Waals surface area contributed by atoms with Crippen molar-refractivity contribution in [2.24, 2.45) is 0 Å². The molecule has 112 valence electrons. The molecule has 1 N–H and O–H groups in total. The Morgan fingerprint density at radius 3 is 2.48 bits per heavy atom. The van der Waals surface area contributed by atoms with Crippen molar-refractivity contribution in [1.29, 1.82) is 0 Å². The predicted molar refractivity (Wildman–Crippen MR) is 80.6 cm³/mol. The lowest BCUT2D eigenvalue weighted by Crippen LogP contribution is -2.43. The monoisotopic (exact) mass is 289 g/mol. The van der Waals surface area contributed by atoms with E-state index in [2.05, 4.69) is 12.2 Å². The first-order chi connectivity index (χ1) is 9.91. The van der Waals surface area contributed by atoms with Gasteiger partial charge in [-0.25, -0.2) is 4.39 Å². The standard InChI is InChI=1S/C17H20FNO2/c1-4-11-17(2,3)19-16(20)15-10-9-14(21-15)12-5-7-13(18)8-6-12/h5-10H,4,11H2,1-3H3,(H,19,20). The summed E-state index contributed by atoms with van der Waals surface area (Å²) >= 11 is 0. The fraction of sp³-hybridized carbons (Fsp3) is 0.353. The second-order valence-corrected chi connectivity index (χ2v) is 5.76. The highest BCUT2D eigenvalue weighted by Gasteiger charge is 2.22. The highest BCUT2D eigenvalue weighted by molar-refractivity contribution is 5.92. The van der Waals surface area contributed by atoms with Crippen LogP contribution in [-0.4, -0.2) is 11.4 Å². The summed E-state index contributed by atoms with van der Waals surface area (Å²) in [5.74, 6) is 0.276. The van der Waals surface area contributed by atoms with Gasteiger partial charge in [0.1, 0.15) is 11.6 Å². The second-order valence-electron chi connectivity index (χ2n) is 5.76. The molecule has 1 aromatic heterocycles. The summed E-state index contributed by atoms with van der Waals surface area (Å²) in [6, 6.07) is 9.32. The van der Waals surface area contributed by atoms with Crippen LogP contribution in [0.1, 0.15) is 44.2 Å². The molecular formula is C17H20FNO2. The molecule has 0 bridgehead atoms. The van der Waals surface area contributed by atoms with Gasteiger partial charge in [0.05, 0.1) is 0 Å². The molecule has 21 heavy (non-hydrogen) atoms. The molecule has 1 aromatic carbocycles. The maximum absolute atomic E-state index is 12.9. The van der Waals surface area contributed by atoms with Crippen LogP contribution < -0.4 is 5.32 Å². The average Bonchev–Trinajstić information content (AvgIpc) is 2.88. The largest absolute Gasteiger partial charge is 0.451 e. The summed E-state index contributed by atoms with van der Waals surface area (Å²) in [5, 5.41) is 2.95. The van der Waals surface area contributed by atoms with Gasteiger partial charge in [0.2, 0.25) is 0 Å². The number of benzene rings is 1. The molecule has 0 aliphatic rings. The van der Waals surface area contributed by atoms with Gasteiger partial charge in [-0.3, -0.25) is 4.79 Å². The molecule has 0 aliphatic carbocycles. The minimum absolute atomic E-state index is 0.234. The number of furan rings is 1. The number of rotatable bonds is 5. The molecule has 0 spiro atoms. The lowest BCUT2D eigenvalue weighted by Gasteiger charge is -2.25. The molecule has 0 saturated carbocycles. The van der Waals surface area contributed by atoms with Gasteiger partial charge >= 0.3 is 0 Å². The smallest absolute Gasteiger partial charge is 0.287 e. The van der Waals surface area contributed by atoms with E-state index in [-0.39, 0.29) is 23.0 Å². The number of amides is 1. The number of halogens is 1. The Morgan fingerprint density at radius 2 is 1.86 bits per heavy atom. The third kappa shape index (κ3) is 3.94. The lowest BCUT2D eigenvalue weighted by atomic mass is 9.99. The molecule has 0 radical (unpaired) electrons. The minimum Gasteiger partial charge on any atom is -0.451 e. The zero-order valence-electron chi connectivity index (χ0n) is 12.6. The second kappa shape index (κ2) is 6.12. The van der Waals surface area contributed by atoms with Crippen LogP contribution >= 0.6 is 0 Å². The van der Waals surface area contributed by atoms with Crippen molar-refractivity contribution in [3.63, 3.8) is 0 Å². The van der Waals surface area contributed by atoms with E-state index in [1.807, 2.05) is 13.8 Å². The SMILES string of the molecule is CCCC(C)(C)NC(=O)c1ccc(-c2ccc(F)cc2)o1. The molecule has 0 atom stereocenters. The molecule has 4 heteroatoms. The molecule has 0 fully saturated rings. The Bertz CT molecular complexity index is 614. The van der Waals surface area contributed by atoms with E-state index in [0.29, 0.717) is 5.76 Å².